The summed E-state index contributed by atoms with van der Waals surface area (Å²) in [5.41, 5.74) is 3.61. The first-order valence-corrected chi connectivity index (χ1v) is 14.0. The van der Waals surface area contributed by atoms with Crippen LogP contribution in [0.2, 0.25) is 0 Å². The molecule has 0 aromatic carbocycles. The second-order valence-electron chi connectivity index (χ2n) is 9.39. The van der Waals surface area contributed by atoms with Gasteiger partial charge in [0.25, 0.3) is 0 Å². The highest BCUT2D eigenvalue weighted by atomic mass is 32.2. The maximum absolute atomic E-state index is 12.4. The largest absolute Gasteiger partial charge is 0.393 e. The minimum atomic E-state index is -2.83. The number of aromatic nitrogens is 5. The van der Waals surface area contributed by atoms with Crippen LogP contribution in [-0.2, 0) is 20.8 Å². The van der Waals surface area contributed by atoms with Crippen LogP contribution in [0.1, 0.15) is 44.2 Å². The predicted molar refractivity (Wildman–Crippen MR) is 133 cm³/mol. The van der Waals surface area contributed by atoms with Crippen LogP contribution in [0.3, 0.4) is 0 Å². The van der Waals surface area contributed by atoms with Crippen molar-refractivity contribution in [1.82, 2.24) is 24.4 Å². The Morgan fingerprint density at radius 1 is 1.31 bits per heavy atom. The van der Waals surface area contributed by atoms with Crippen LogP contribution < -0.4 is 5.32 Å². The zero-order valence-corrected chi connectivity index (χ0v) is 20.8. The summed E-state index contributed by atoms with van der Waals surface area (Å²) in [7, 11) is -2.11. The summed E-state index contributed by atoms with van der Waals surface area (Å²) in [6.07, 6.45) is 9.87. The summed E-state index contributed by atoms with van der Waals surface area (Å²) in [6.45, 7) is -0.794. The van der Waals surface area contributed by atoms with E-state index in [1.165, 1.54) is 0 Å². The van der Waals surface area contributed by atoms with E-state index in [4.69, 9.17) is 0 Å². The molecular formula is C23H32F2N6O3S. The smallest absolute Gasteiger partial charge is 0.345 e. The molecule has 3 aromatic rings. The molecule has 12 heteroatoms. The Morgan fingerprint density at radius 3 is 2.74 bits per heavy atom. The molecule has 1 fully saturated rings. The molecule has 1 unspecified atom stereocenters. The fraction of sp³-hybridized carbons (Fsp3) is 0.565. The molecule has 1 aliphatic rings. The quantitative estimate of drug-likeness (QED) is 0.404. The normalized spacial score (nSPS) is 21.3. The summed E-state index contributed by atoms with van der Waals surface area (Å²) >= 11 is 0. The van der Waals surface area contributed by atoms with Crippen LogP contribution in [0.15, 0.2) is 24.7 Å². The van der Waals surface area contributed by atoms with Crippen molar-refractivity contribution in [3.63, 3.8) is 0 Å². The van der Waals surface area contributed by atoms with Crippen molar-refractivity contribution < 1.29 is 22.8 Å². The molecule has 0 aliphatic heterocycles. The molecule has 0 bridgehead atoms. The number of nitrogens with zero attached hydrogens (tertiary/aromatic N) is 5. The van der Waals surface area contributed by atoms with Crippen molar-refractivity contribution in [3.8, 4) is 11.1 Å². The van der Waals surface area contributed by atoms with Crippen molar-refractivity contribution in [2.24, 2.45) is 0 Å². The Morgan fingerprint density at radius 2 is 2.06 bits per heavy atom. The van der Waals surface area contributed by atoms with Crippen molar-refractivity contribution in [2.45, 2.75) is 63.8 Å². The monoisotopic (exact) mass is 510 g/mol. The second-order valence-corrected chi connectivity index (χ2v) is 12.2. The molecule has 192 valence electrons. The summed E-state index contributed by atoms with van der Waals surface area (Å²) in [6, 6.07) is 1.68. The Bertz CT molecular complexity index is 1250. The molecule has 2 N–H and O–H groups in total. The number of rotatable bonds is 10. The minimum Gasteiger partial charge on any atom is -0.393 e. The summed E-state index contributed by atoms with van der Waals surface area (Å²) in [5.74, 6) is 4.66. The molecule has 4 rings (SSSR count). The number of aliphatic hydroxyl groups excluding tert-OH is 1. The van der Waals surface area contributed by atoms with E-state index < -0.39 is 22.2 Å². The number of aryl methyl sites for hydroxylation is 1. The number of fused-ring (bicyclic) bond motifs is 1. The number of nitrogens with one attached hydrogen (secondary N) is 1. The number of ether oxygens (including phenoxy) is 1. The first-order chi connectivity index (χ1) is 16.6. The van der Waals surface area contributed by atoms with E-state index in [9.17, 15) is 18.1 Å². The van der Waals surface area contributed by atoms with Gasteiger partial charge in [-0.05, 0) is 54.1 Å². The lowest BCUT2D eigenvalue weighted by Gasteiger charge is -2.25. The first-order valence-electron chi connectivity index (χ1n) is 11.6. The van der Waals surface area contributed by atoms with E-state index >= 15 is 0 Å². The van der Waals surface area contributed by atoms with Gasteiger partial charge in [0.15, 0.2) is 0 Å². The maximum Gasteiger partial charge on any atom is 0.345 e. The van der Waals surface area contributed by atoms with Crippen LogP contribution in [0.4, 0.5) is 14.7 Å². The zero-order chi connectivity index (χ0) is 25.2. The second kappa shape index (κ2) is 10.6. The van der Waals surface area contributed by atoms with Crippen molar-refractivity contribution in [1.29, 1.82) is 0 Å². The first kappa shape index (κ1) is 25.5. The lowest BCUT2D eigenvalue weighted by atomic mass is 9.85. The summed E-state index contributed by atoms with van der Waals surface area (Å²) < 4.78 is 44.7. The molecule has 0 spiro atoms. The van der Waals surface area contributed by atoms with E-state index in [1.54, 1.807) is 30.3 Å². The lowest BCUT2D eigenvalue weighted by Crippen LogP contribution is -2.25. The topological polar surface area (TPSA) is 107 Å². The molecule has 0 amide bonds. The third kappa shape index (κ3) is 6.56. The van der Waals surface area contributed by atoms with Crippen LogP contribution in [0.5, 0.6) is 0 Å². The third-order valence-corrected chi connectivity index (χ3v) is 7.25. The highest BCUT2D eigenvalue weighted by molar-refractivity contribution is 7.99. The number of hydrogen-bond donors (Lipinski definition) is 2. The number of alkyl halides is 2. The van der Waals surface area contributed by atoms with E-state index in [2.05, 4.69) is 37.2 Å². The van der Waals surface area contributed by atoms with Crippen LogP contribution >= 0.6 is 0 Å². The molecule has 0 radical (unpaired) electrons. The Hall–Kier alpha value is -2.57. The number of hydrogen-bond acceptors (Lipinski definition) is 7. The molecule has 2 atom stereocenters. The number of halogens is 2. The zero-order valence-electron chi connectivity index (χ0n) is 19.9. The molecule has 9 nitrogen and oxygen atoms in total. The van der Waals surface area contributed by atoms with Gasteiger partial charge in [0.05, 0.1) is 37.2 Å². The van der Waals surface area contributed by atoms with E-state index in [0.29, 0.717) is 18.2 Å². The van der Waals surface area contributed by atoms with Crippen molar-refractivity contribution >= 4 is 26.9 Å². The van der Waals surface area contributed by atoms with Gasteiger partial charge < -0.3 is 15.2 Å². The molecule has 3 heterocycles. The standard InChI is InChI=1S/C23H32F2N6O3S/c1-15(14-34-22(24)25)28-23-26-12-21-19(17-11-27-30(13-17)8-9-35(2,3)33)10-20(31(21)29-23)16-4-6-18(32)7-5-16/h10-13,15-16,18,22,32H,2,4-9,14H2,1,3H3,(H,28,29)/t15-,16?,18?,35?/m0/s1. The number of aliphatic hydroxyl groups is 1. The average molecular weight is 511 g/mol. The van der Waals surface area contributed by atoms with Crippen LogP contribution in [0, 0.1) is 0 Å². The molecular weight excluding hydrogens is 478 g/mol. The molecule has 1 aliphatic carbocycles. The van der Waals surface area contributed by atoms with Gasteiger partial charge >= 0.3 is 6.61 Å². The summed E-state index contributed by atoms with van der Waals surface area (Å²) in [5, 5.41) is 22.1. The van der Waals surface area contributed by atoms with Gasteiger partial charge in [0.1, 0.15) is 0 Å². The van der Waals surface area contributed by atoms with Gasteiger partial charge in [-0.15, -0.1) is 5.10 Å². The highest BCUT2D eigenvalue weighted by Crippen LogP contribution is 2.37. The minimum absolute atomic E-state index is 0.181. The fourth-order valence-corrected chi connectivity index (χ4v) is 4.94. The average Bonchev–Trinajstić information content (AvgIpc) is 3.41. The van der Waals surface area contributed by atoms with Gasteiger partial charge in [-0.3, -0.25) is 8.89 Å². The van der Waals surface area contributed by atoms with E-state index in [-0.39, 0.29) is 18.6 Å². The Kier molecular flexibility index (Phi) is 7.72. The maximum atomic E-state index is 12.4. The Balaban J connectivity index is 1.66. The van der Waals surface area contributed by atoms with Gasteiger partial charge in [0.2, 0.25) is 5.95 Å². The van der Waals surface area contributed by atoms with Gasteiger partial charge in [-0.1, -0.05) is 0 Å². The van der Waals surface area contributed by atoms with Gasteiger partial charge in [-0.25, -0.2) is 9.50 Å². The van der Waals surface area contributed by atoms with Crippen LogP contribution in [-0.4, -0.2) is 76.9 Å². The van der Waals surface area contributed by atoms with Crippen LogP contribution in [0.25, 0.3) is 16.6 Å². The van der Waals surface area contributed by atoms with Crippen molar-refractivity contribution in [3.05, 3.63) is 30.4 Å². The highest BCUT2D eigenvalue weighted by Gasteiger charge is 2.26. The van der Waals surface area contributed by atoms with Crippen molar-refractivity contribution in [2.75, 3.05) is 23.9 Å². The number of anilines is 1. The van der Waals surface area contributed by atoms with Gasteiger partial charge in [0, 0.05) is 47.0 Å². The summed E-state index contributed by atoms with van der Waals surface area (Å²) in [4.78, 5) is 4.41. The fourth-order valence-electron chi connectivity index (χ4n) is 4.37. The van der Waals surface area contributed by atoms with E-state index in [0.717, 1.165) is 48.0 Å². The predicted octanol–water partition coefficient (Wildman–Crippen LogP) is 3.00. The Labute approximate surface area is 203 Å². The molecule has 3 aromatic heterocycles. The van der Waals surface area contributed by atoms with Gasteiger partial charge in [-0.2, -0.15) is 13.9 Å². The molecule has 1 saturated carbocycles. The molecule has 35 heavy (non-hydrogen) atoms. The lowest BCUT2D eigenvalue weighted by molar-refractivity contribution is -0.130. The molecule has 0 saturated heterocycles. The van der Waals surface area contributed by atoms with E-state index in [1.807, 2.05) is 10.7 Å². The third-order valence-electron chi connectivity index (χ3n) is 6.20. The SMILES string of the molecule is C=S(C)(=O)CCn1cc(-c2cc(C3CCC(O)CC3)n3nc(N[C@@H](C)COC(F)F)ncc23)cn1.